The summed E-state index contributed by atoms with van der Waals surface area (Å²) in [5.41, 5.74) is 2.87. The Morgan fingerprint density at radius 1 is 1.21 bits per heavy atom. The third kappa shape index (κ3) is 3.99. The summed E-state index contributed by atoms with van der Waals surface area (Å²) in [4.78, 5) is 18.1. The number of likely N-dealkylation sites (N-methyl/N-ethyl adjacent to an activating group) is 1. The molecule has 1 saturated heterocycles. The molecule has 1 aliphatic heterocycles. The minimum absolute atomic E-state index is 0.0608. The van der Waals surface area contributed by atoms with E-state index in [0.717, 1.165) is 19.0 Å². The fourth-order valence-electron chi connectivity index (χ4n) is 4.31. The van der Waals surface area contributed by atoms with E-state index >= 15 is 4.39 Å². The van der Waals surface area contributed by atoms with E-state index in [1.807, 2.05) is 18.9 Å². The third-order valence-corrected chi connectivity index (χ3v) is 5.89. The van der Waals surface area contributed by atoms with Gasteiger partial charge in [0.15, 0.2) is 5.82 Å². The molecule has 0 aromatic carbocycles. The third-order valence-electron chi connectivity index (χ3n) is 5.89. The molecule has 0 bridgehead atoms. The number of nitrogens with zero attached hydrogens (tertiary/aromatic N) is 5. The summed E-state index contributed by atoms with van der Waals surface area (Å²) >= 11 is 0. The highest BCUT2D eigenvalue weighted by Gasteiger charge is 2.38. The van der Waals surface area contributed by atoms with Crippen LogP contribution >= 0.6 is 0 Å². The van der Waals surface area contributed by atoms with Gasteiger partial charge in [0, 0.05) is 25.3 Å². The van der Waals surface area contributed by atoms with Crippen LogP contribution < -0.4 is 20.7 Å². The first-order valence-electron chi connectivity index (χ1n) is 10.2. The molecular weight excluding hydrogens is 442 g/mol. The fraction of sp³-hybridized carbons (Fsp3) is 0.429. The molecule has 176 valence electrons. The number of aryl methyl sites for hydroxylation is 1. The molecule has 1 fully saturated rings. The maximum absolute atomic E-state index is 15.7. The second-order valence-electron chi connectivity index (χ2n) is 8.01. The Labute approximate surface area is 187 Å². The molecule has 0 aliphatic carbocycles. The Hall–Kier alpha value is -3.28. The Kier molecular flexibility index (Phi) is 5.72. The Morgan fingerprint density at radius 2 is 1.94 bits per heavy atom. The number of rotatable bonds is 4. The van der Waals surface area contributed by atoms with Gasteiger partial charge in [-0.1, -0.05) is 0 Å². The lowest BCUT2D eigenvalue weighted by atomic mass is 10.0. The van der Waals surface area contributed by atoms with Crippen LogP contribution in [0.15, 0.2) is 12.3 Å². The first-order valence-corrected chi connectivity index (χ1v) is 10.2. The van der Waals surface area contributed by atoms with Crippen molar-refractivity contribution in [2.45, 2.75) is 38.5 Å². The van der Waals surface area contributed by atoms with E-state index in [1.165, 1.54) is 20.2 Å². The van der Waals surface area contributed by atoms with E-state index in [4.69, 9.17) is 10.5 Å². The van der Waals surface area contributed by atoms with Crippen molar-refractivity contribution in [3.05, 3.63) is 29.2 Å². The predicted molar refractivity (Wildman–Crippen MR) is 115 cm³/mol. The number of nitrogens with two attached hydrogens (primary N) is 1. The second kappa shape index (κ2) is 8.25. The molecule has 3 N–H and O–H groups in total. The van der Waals surface area contributed by atoms with Gasteiger partial charge in [-0.25, -0.2) is 9.37 Å². The molecule has 2 atom stereocenters. The molecule has 0 amide bonds. The lowest BCUT2D eigenvalue weighted by molar-refractivity contribution is -0.137. The van der Waals surface area contributed by atoms with Gasteiger partial charge in [0.25, 0.3) is 0 Å². The second-order valence-corrected chi connectivity index (χ2v) is 8.01. The Balaban J connectivity index is 1.96. The molecule has 8 nitrogen and oxygen atoms in total. The van der Waals surface area contributed by atoms with Gasteiger partial charge in [0.2, 0.25) is 0 Å². The number of methoxy groups -OCH3 is 1. The minimum atomic E-state index is -4.79. The van der Waals surface area contributed by atoms with Crippen LogP contribution in [0.3, 0.4) is 0 Å². The van der Waals surface area contributed by atoms with E-state index in [9.17, 15) is 13.2 Å². The zero-order valence-corrected chi connectivity index (χ0v) is 18.5. The smallest absolute Gasteiger partial charge is 0.418 e. The zero-order valence-electron chi connectivity index (χ0n) is 18.5. The zero-order chi connectivity index (χ0) is 24.1. The number of pyridine rings is 2. The minimum Gasteiger partial charge on any atom is -0.467 e. The van der Waals surface area contributed by atoms with Gasteiger partial charge < -0.3 is 20.7 Å². The van der Waals surface area contributed by atoms with Crippen LogP contribution in [0.2, 0.25) is 0 Å². The maximum Gasteiger partial charge on any atom is 0.418 e. The average molecular weight is 465 g/mol. The van der Waals surface area contributed by atoms with Crippen LogP contribution in [0.5, 0.6) is 6.01 Å². The summed E-state index contributed by atoms with van der Waals surface area (Å²) in [5, 5.41) is 3.58. The van der Waals surface area contributed by atoms with Crippen molar-refractivity contribution >= 4 is 22.5 Å². The Bertz CT molecular complexity index is 1220. The topological polar surface area (TPSA) is 102 Å². The summed E-state index contributed by atoms with van der Waals surface area (Å²) in [6, 6.07) is 1.18. The summed E-state index contributed by atoms with van der Waals surface area (Å²) in [5.74, 6) is -0.883. The van der Waals surface area contributed by atoms with Crippen molar-refractivity contribution in [2.24, 2.45) is 0 Å². The lowest BCUT2D eigenvalue weighted by Crippen LogP contribution is -2.40. The lowest BCUT2D eigenvalue weighted by Gasteiger charge is -2.29. The van der Waals surface area contributed by atoms with Crippen molar-refractivity contribution in [3.8, 4) is 17.4 Å². The van der Waals surface area contributed by atoms with Crippen LogP contribution in [0.25, 0.3) is 22.3 Å². The summed E-state index contributed by atoms with van der Waals surface area (Å²) in [7, 11) is 3.14. The molecule has 0 saturated carbocycles. The number of hydrogen-bond acceptors (Lipinski definition) is 8. The van der Waals surface area contributed by atoms with E-state index in [0.29, 0.717) is 5.82 Å². The van der Waals surface area contributed by atoms with E-state index in [-0.39, 0.29) is 40.4 Å². The van der Waals surface area contributed by atoms with Crippen molar-refractivity contribution in [2.75, 3.05) is 31.3 Å². The van der Waals surface area contributed by atoms with E-state index in [1.54, 1.807) is 0 Å². The van der Waals surface area contributed by atoms with Gasteiger partial charge in [0.1, 0.15) is 28.5 Å². The van der Waals surface area contributed by atoms with Crippen LogP contribution in [-0.4, -0.2) is 52.7 Å². The SMILES string of the molecule is COc1nc(N(C)[C@@H]2CCN[C@@H]2C)c2cnc(-c3nc(N)cc(C)c3C(F)(F)F)c(F)c2n1. The van der Waals surface area contributed by atoms with Crippen molar-refractivity contribution in [3.63, 3.8) is 0 Å². The van der Waals surface area contributed by atoms with Gasteiger partial charge >= 0.3 is 12.2 Å². The van der Waals surface area contributed by atoms with Crippen molar-refractivity contribution < 1.29 is 22.3 Å². The molecule has 3 aromatic rings. The maximum atomic E-state index is 15.7. The number of aromatic nitrogens is 4. The monoisotopic (exact) mass is 465 g/mol. The van der Waals surface area contributed by atoms with Crippen LogP contribution in [0, 0.1) is 12.7 Å². The molecule has 4 rings (SSSR count). The number of anilines is 2. The Morgan fingerprint density at radius 3 is 2.55 bits per heavy atom. The number of nitrogen functional groups attached to an aromatic ring is 1. The quantitative estimate of drug-likeness (QED) is 0.566. The highest BCUT2D eigenvalue weighted by Crippen LogP contribution is 2.40. The van der Waals surface area contributed by atoms with Gasteiger partial charge in [0.05, 0.1) is 18.1 Å². The van der Waals surface area contributed by atoms with E-state index < -0.39 is 28.9 Å². The standard InChI is InChI=1S/C21H23F4N7O/c1-9-7-13(26)29-17(14(9)21(23,24)25)18-15(22)16-11(8-28-18)19(31-20(30-16)33-4)32(3)12-5-6-27-10(12)2/h7-8,10,12,27H,5-6H2,1-4H3,(H2,26,29)/t10-,12-/m1/s1. The largest absolute Gasteiger partial charge is 0.467 e. The molecule has 12 heteroatoms. The number of alkyl halides is 3. The van der Waals surface area contributed by atoms with Crippen LogP contribution in [0.1, 0.15) is 24.5 Å². The summed E-state index contributed by atoms with van der Waals surface area (Å²) in [6.45, 7) is 4.07. The first-order chi connectivity index (χ1) is 15.5. The fourth-order valence-corrected chi connectivity index (χ4v) is 4.31. The van der Waals surface area contributed by atoms with Crippen molar-refractivity contribution in [1.82, 2.24) is 25.3 Å². The molecule has 3 aromatic heterocycles. The van der Waals surface area contributed by atoms with Gasteiger partial charge in [-0.3, -0.25) is 4.98 Å². The van der Waals surface area contributed by atoms with E-state index in [2.05, 4.69) is 25.3 Å². The first kappa shape index (κ1) is 22.9. The highest BCUT2D eigenvalue weighted by molar-refractivity contribution is 5.92. The van der Waals surface area contributed by atoms with Gasteiger partial charge in [-0.05, 0) is 38.4 Å². The molecule has 1 aliphatic rings. The molecule has 0 spiro atoms. The number of nitrogens with one attached hydrogen (secondary N) is 1. The number of halogens is 4. The van der Waals surface area contributed by atoms with Gasteiger partial charge in [-0.15, -0.1) is 0 Å². The molecule has 4 heterocycles. The number of hydrogen-bond donors (Lipinski definition) is 2. The number of fused-ring (bicyclic) bond motifs is 1. The van der Waals surface area contributed by atoms with Crippen LogP contribution in [0.4, 0.5) is 29.2 Å². The summed E-state index contributed by atoms with van der Waals surface area (Å²) in [6.07, 6.45) is -2.70. The number of ether oxygens (including phenoxy) is 1. The average Bonchev–Trinajstić information content (AvgIpc) is 3.17. The normalized spacial score (nSPS) is 18.7. The molecule has 0 radical (unpaired) electrons. The van der Waals surface area contributed by atoms with Gasteiger partial charge in [-0.2, -0.15) is 23.1 Å². The predicted octanol–water partition coefficient (Wildman–Crippen LogP) is 3.33. The van der Waals surface area contributed by atoms with Crippen LogP contribution in [-0.2, 0) is 6.18 Å². The molecule has 33 heavy (non-hydrogen) atoms. The molecular formula is C21H23F4N7O. The highest BCUT2D eigenvalue weighted by atomic mass is 19.4. The summed E-state index contributed by atoms with van der Waals surface area (Å²) < 4.78 is 62.2. The van der Waals surface area contributed by atoms with Crippen molar-refractivity contribution in [1.29, 1.82) is 0 Å². The molecule has 0 unspecified atom stereocenters.